The van der Waals surface area contributed by atoms with E-state index in [9.17, 15) is 9.18 Å². The molecule has 28 heavy (non-hydrogen) atoms. The third kappa shape index (κ3) is 4.03. The molecule has 0 aliphatic rings. The highest BCUT2D eigenvalue weighted by molar-refractivity contribution is 5.89. The number of hydrogen-bond donors (Lipinski definition) is 0. The first-order valence-corrected chi connectivity index (χ1v) is 8.11. The fourth-order valence-corrected chi connectivity index (χ4v) is 2.43. The summed E-state index contributed by atoms with van der Waals surface area (Å²) in [5.41, 5.74) is 0.754. The van der Waals surface area contributed by atoms with Crippen LogP contribution in [-0.4, -0.2) is 37.5 Å². The Labute approximate surface area is 159 Å². The van der Waals surface area contributed by atoms with Crippen molar-refractivity contribution in [2.24, 2.45) is 0 Å². The van der Waals surface area contributed by atoms with E-state index in [0.29, 0.717) is 22.8 Å². The van der Waals surface area contributed by atoms with Crippen LogP contribution in [0.5, 0.6) is 17.2 Å². The second kappa shape index (κ2) is 8.38. The van der Waals surface area contributed by atoms with Crippen LogP contribution in [0.15, 0.2) is 40.8 Å². The van der Waals surface area contributed by atoms with E-state index >= 15 is 0 Å². The predicted octanol–water partition coefficient (Wildman–Crippen LogP) is 3.26. The molecule has 0 bridgehead atoms. The molecule has 0 atom stereocenters. The molecule has 0 N–H and O–H groups in total. The van der Waals surface area contributed by atoms with Crippen molar-refractivity contribution in [2.75, 3.05) is 21.3 Å². The molecule has 0 amide bonds. The molecule has 9 heteroatoms. The SMILES string of the molecule is COc1cc(-c2nnc(COC(=O)c3ccc(F)cc3)o2)cc(OC)c1OC. The lowest BCUT2D eigenvalue weighted by Crippen LogP contribution is -2.05. The summed E-state index contributed by atoms with van der Waals surface area (Å²) in [5, 5.41) is 7.80. The first-order chi connectivity index (χ1) is 13.5. The van der Waals surface area contributed by atoms with Gasteiger partial charge in [0.1, 0.15) is 5.82 Å². The molecule has 0 unspecified atom stereocenters. The molecular formula is C19H17FN2O6. The van der Waals surface area contributed by atoms with Crippen LogP contribution in [0.2, 0.25) is 0 Å². The normalized spacial score (nSPS) is 10.4. The monoisotopic (exact) mass is 388 g/mol. The number of aromatic nitrogens is 2. The minimum absolute atomic E-state index is 0.0965. The highest BCUT2D eigenvalue weighted by Gasteiger charge is 2.18. The highest BCUT2D eigenvalue weighted by Crippen LogP contribution is 2.40. The van der Waals surface area contributed by atoms with Gasteiger partial charge in [-0.05, 0) is 36.4 Å². The van der Waals surface area contributed by atoms with Crippen molar-refractivity contribution < 1.29 is 32.5 Å². The number of nitrogens with zero attached hydrogens (tertiary/aromatic N) is 2. The van der Waals surface area contributed by atoms with Gasteiger partial charge in [-0.3, -0.25) is 0 Å². The zero-order valence-electron chi connectivity index (χ0n) is 15.4. The van der Waals surface area contributed by atoms with Gasteiger partial charge in [-0.1, -0.05) is 0 Å². The van der Waals surface area contributed by atoms with Crippen molar-refractivity contribution in [1.29, 1.82) is 0 Å². The maximum absolute atomic E-state index is 12.9. The second-order valence-corrected chi connectivity index (χ2v) is 5.50. The van der Waals surface area contributed by atoms with Crippen LogP contribution in [-0.2, 0) is 11.3 Å². The smallest absolute Gasteiger partial charge is 0.338 e. The second-order valence-electron chi connectivity index (χ2n) is 5.50. The zero-order chi connectivity index (χ0) is 20.1. The van der Waals surface area contributed by atoms with E-state index in [1.807, 2.05) is 0 Å². The van der Waals surface area contributed by atoms with Crippen LogP contribution in [0, 0.1) is 5.82 Å². The van der Waals surface area contributed by atoms with E-state index < -0.39 is 11.8 Å². The Morgan fingerprint density at radius 1 is 1.00 bits per heavy atom. The number of ether oxygens (including phenoxy) is 4. The van der Waals surface area contributed by atoms with Crippen LogP contribution < -0.4 is 14.2 Å². The molecule has 0 radical (unpaired) electrons. The number of benzene rings is 2. The molecule has 0 spiro atoms. The van der Waals surface area contributed by atoms with E-state index in [2.05, 4.69) is 10.2 Å². The Kier molecular flexibility index (Phi) is 5.73. The van der Waals surface area contributed by atoms with Gasteiger partial charge in [0, 0.05) is 5.56 Å². The van der Waals surface area contributed by atoms with E-state index in [1.54, 1.807) is 12.1 Å². The van der Waals surface area contributed by atoms with E-state index in [4.69, 9.17) is 23.4 Å². The fraction of sp³-hybridized carbons (Fsp3) is 0.211. The van der Waals surface area contributed by atoms with Crippen LogP contribution in [0.25, 0.3) is 11.5 Å². The number of hydrogen-bond acceptors (Lipinski definition) is 8. The van der Waals surface area contributed by atoms with Crippen molar-refractivity contribution in [2.45, 2.75) is 6.61 Å². The maximum atomic E-state index is 12.9. The average Bonchev–Trinajstić information content (AvgIpc) is 3.20. The third-order valence-corrected chi connectivity index (χ3v) is 3.79. The number of methoxy groups -OCH3 is 3. The number of rotatable bonds is 7. The van der Waals surface area contributed by atoms with Gasteiger partial charge in [-0.2, -0.15) is 0 Å². The van der Waals surface area contributed by atoms with E-state index in [-0.39, 0.29) is 24.0 Å². The van der Waals surface area contributed by atoms with Gasteiger partial charge < -0.3 is 23.4 Å². The fourth-order valence-electron chi connectivity index (χ4n) is 2.43. The molecule has 0 fully saturated rings. The average molecular weight is 388 g/mol. The quantitative estimate of drug-likeness (QED) is 0.570. The van der Waals surface area contributed by atoms with Crippen molar-refractivity contribution in [1.82, 2.24) is 10.2 Å². The molecule has 1 heterocycles. The van der Waals surface area contributed by atoms with Crippen LogP contribution in [0.1, 0.15) is 16.2 Å². The summed E-state index contributed by atoms with van der Waals surface area (Å²) in [5.74, 6) is 0.502. The van der Waals surface area contributed by atoms with Gasteiger partial charge >= 0.3 is 5.97 Å². The molecule has 0 saturated carbocycles. The van der Waals surface area contributed by atoms with Gasteiger partial charge in [-0.25, -0.2) is 9.18 Å². The summed E-state index contributed by atoms with van der Waals surface area (Å²) in [6.45, 7) is -0.229. The summed E-state index contributed by atoms with van der Waals surface area (Å²) in [6, 6.07) is 8.31. The molecule has 146 valence electrons. The zero-order valence-corrected chi connectivity index (χ0v) is 15.4. The molecule has 3 aromatic rings. The van der Waals surface area contributed by atoms with Crippen LogP contribution >= 0.6 is 0 Å². The Balaban J connectivity index is 1.75. The van der Waals surface area contributed by atoms with Gasteiger partial charge in [-0.15, -0.1) is 10.2 Å². The first kappa shape index (κ1) is 19.2. The summed E-state index contributed by atoms with van der Waals surface area (Å²) >= 11 is 0. The van der Waals surface area contributed by atoms with Gasteiger partial charge in [0.05, 0.1) is 26.9 Å². The predicted molar refractivity (Wildman–Crippen MR) is 94.9 cm³/mol. The molecule has 0 saturated heterocycles. The third-order valence-electron chi connectivity index (χ3n) is 3.79. The maximum Gasteiger partial charge on any atom is 0.338 e. The Morgan fingerprint density at radius 2 is 1.64 bits per heavy atom. The highest BCUT2D eigenvalue weighted by atomic mass is 19.1. The Morgan fingerprint density at radius 3 is 2.21 bits per heavy atom. The van der Waals surface area contributed by atoms with Crippen LogP contribution in [0.4, 0.5) is 4.39 Å². The lowest BCUT2D eigenvalue weighted by molar-refractivity contribution is 0.0438. The largest absolute Gasteiger partial charge is 0.493 e. The van der Waals surface area contributed by atoms with Crippen molar-refractivity contribution in [3.05, 3.63) is 53.7 Å². The van der Waals surface area contributed by atoms with Crippen molar-refractivity contribution in [3.8, 4) is 28.7 Å². The summed E-state index contributed by atoms with van der Waals surface area (Å²) in [7, 11) is 4.49. The van der Waals surface area contributed by atoms with Crippen LogP contribution in [0.3, 0.4) is 0 Å². The summed E-state index contributed by atoms with van der Waals surface area (Å²) < 4.78 is 39.4. The van der Waals surface area contributed by atoms with E-state index in [0.717, 1.165) is 0 Å². The number of carbonyl (C=O) groups excluding carboxylic acids is 1. The molecule has 2 aromatic carbocycles. The Bertz CT molecular complexity index is 946. The molecule has 8 nitrogen and oxygen atoms in total. The Hall–Kier alpha value is -3.62. The summed E-state index contributed by atoms with van der Waals surface area (Å²) in [4.78, 5) is 12.0. The molecule has 1 aromatic heterocycles. The molecular weight excluding hydrogens is 371 g/mol. The molecule has 0 aliphatic heterocycles. The van der Waals surface area contributed by atoms with E-state index in [1.165, 1.54) is 45.6 Å². The minimum atomic E-state index is -0.632. The first-order valence-electron chi connectivity index (χ1n) is 8.11. The molecule has 3 rings (SSSR count). The van der Waals surface area contributed by atoms with Crippen molar-refractivity contribution in [3.63, 3.8) is 0 Å². The van der Waals surface area contributed by atoms with Crippen molar-refractivity contribution >= 4 is 5.97 Å². The number of halogens is 1. The number of carbonyl (C=O) groups is 1. The topological polar surface area (TPSA) is 92.9 Å². The minimum Gasteiger partial charge on any atom is -0.493 e. The van der Waals surface area contributed by atoms with Gasteiger partial charge in [0.2, 0.25) is 11.6 Å². The molecule has 0 aliphatic carbocycles. The lowest BCUT2D eigenvalue weighted by Gasteiger charge is -2.12. The number of esters is 1. The van der Waals surface area contributed by atoms with Gasteiger partial charge in [0.15, 0.2) is 18.1 Å². The van der Waals surface area contributed by atoms with Gasteiger partial charge in [0.25, 0.3) is 5.89 Å². The summed E-state index contributed by atoms with van der Waals surface area (Å²) in [6.07, 6.45) is 0. The lowest BCUT2D eigenvalue weighted by atomic mass is 10.2. The standard InChI is InChI=1S/C19H17FN2O6/c1-24-14-8-12(9-15(25-2)17(14)26-3)18-22-21-16(28-18)10-27-19(23)11-4-6-13(20)7-5-11/h4-9H,10H2,1-3H3.